The Balaban J connectivity index is 1.43. The Morgan fingerprint density at radius 1 is 0.871 bits per heavy atom. The van der Waals surface area contributed by atoms with E-state index >= 15 is 0 Å². The maximum absolute atomic E-state index is 5.77. The van der Waals surface area contributed by atoms with Gasteiger partial charge in [0.1, 0.15) is 30.7 Å². The van der Waals surface area contributed by atoms with Gasteiger partial charge in [-0.25, -0.2) is 9.67 Å². The SMILES string of the molecule is Cc1ccccc1OCCO/N=C(\Cn1cncn1)c1ccc(-c2ccccc2)cc1. The normalized spacial score (nSPS) is 11.3. The first-order chi connectivity index (χ1) is 15.3. The zero-order valence-corrected chi connectivity index (χ0v) is 17.4. The van der Waals surface area contributed by atoms with Gasteiger partial charge >= 0.3 is 0 Å². The molecule has 0 atom stereocenters. The van der Waals surface area contributed by atoms with Gasteiger partial charge in [-0.05, 0) is 29.7 Å². The van der Waals surface area contributed by atoms with E-state index in [1.807, 2.05) is 61.5 Å². The highest BCUT2D eigenvalue weighted by Gasteiger charge is 2.08. The molecule has 4 rings (SSSR count). The Kier molecular flexibility index (Phi) is 6.70. The Morgan fingerprint density at radius 2 is 1.61 bits per heavy atom. The molecule has 0 aliphatic heterocycles. The number of hydrogen-bond donors (Lipinski definition) is 0. The van der Waals surface area contributed by atoms with Crippen LogP contribution in [0.2, 0.25) is 0 Å². The summed E-state index contributed by atoms with van der Waals surface area (Å²) in [4.78, 5) is 9.59. The first-order valence-corrected chi connectivity index (χ1v) is 10.1. The summed E-state index contributed by atoms with van der Waals surface area (Å²) in [5, 5.41) is 8.56. The van der Waals surface area contributed by atoms with E-state index in [0.717, 1.165) is 28.2 Å². The molecule has 0 spiro atoms. The minimum absolute atomic E-state index is 0.345. The third-order valence-electron chi connectivity index (χ3n) is 4.80. The van der Waals surface area contributed by atoms with Gasteiger partial charge in [-0.1, -0.05) is 78.0 Å². The molecule has 3 aromatic carbocycles. The molecule has 31 heavy (non-hydrogen) atoms. The van der Waals surface area contributed by atoms with Crippen molar-refractivity contribution in [2.45, 2.75) is 13.5 Å². The summed E-state index contributed by atoms with van der Waals surface area (Å²) in [7, 11) is 0. The summed E-state index contributed by atoms with van der Waals surface area (Å²) in [5.74, 6) is 0.856. The van der Waals surface area contributed by atoms with Crippen molar-refractivity contribution in [1.82, 2.24) is 14.8 Å². The van der Waals surface area contributed by atoms with Gasteiger partial charge in [-0.3, -0.25) is 0 Å². The van der Waals surface area contributed by atoms with Crippen LogP contribution in [0, 0.1) is 6.92 Å². The Morgan fingerprint density at radius 3 is 2.35 bits per heavy atom. The van der Waals surface area contributed by atoms with Crippen molar-refractivity contribution in [3.63, 3.8) is 0 Å². The standard InChI is InChI=1S/C25H24N4O2/c1-20-7-5-6-10-25(20)30-15-16-31-28-24(17-29-19-26-18-27-29)23-13-11-22(12-14-23)21-8-3-2-4-9-21/h2-14,18-19H,15-17H2,1H3/b28-24+. The van der Waals surface area contributed by atoms with E-state index in [1.54, 1.807) is 11.0 Å². The van der Waals surface area contributed by atoms with Crippen LogP contribution in [0.1, 0.15) is 11.1 Å². The van der Waals surface area contributed by atoms with Gasteiger partial charge in [-0.15, -0.1) is 0 Å². The summed E-state index contributed by atoms with van der Waals surface area (Å²) in [6.07, 6.45) is 3.17. The number of aryl methyl sites for hydroxylation is 1. The molecule has 0 N–H and O–H groups in total. The van der Waals surface area contributed by atoms with Crippen molar-refractivity contribution >= 4 is 5.71 Å². The number of para-hydroxylation sites is 1. The van der Waals surface area contributed by atoms with E-state index in [-0.39, 0.29) is 0 Å². The molecule has 0 radical (unpaired) electrons. The smallest absolute Gasteiger partial charge is 0.151 e. The van der Waals surface area contributed by atoms with Crippen LogP contribution in [0.5, 0.6) is 5.75 Å². The molecule has 4 aromatic rings. The summed E-state index contributed by atoms with van der Waals surface area (Å²) in [5.41, 5.74) is 5.15. The third-order valence-corrected chi connectivity index (χ3v) is 4.80. The van der Waals surface area contributed by atoms with Crippen LogP contribution in [-0.4, -0.2) is 33.7 Å². The van der Waals surface area contributed by atoms with Crippen molar-refractivity contribution in [2.75, 3.05) is 13.2 Å². The largest absolute Gasteiger partial charge is 0.490 e. The van der Waals surface area contributed by atoms with Crippen molar-refractivity contribution < 1.29 is 9.57 Å². The molecule has 0 bridgehead atoms. The van der Waals surface area contributed by atoms with Crippen LogP contribution in [0.25, 0.3) is 11.1 Å². The zero-order chi connectivity index (χ0) is 21.3. The summed E-state index contributed by atoms with van der Waals surface area (Å²) >= 11 is 0. The molecule has 6 nitrogen and oxygen atoms in total. The Labute approximate surface area is 181 Å². The number of rotatable bonds is 9. The molecule has 0 saturated carbocycles. The summed E-state index contributed by atoms with van der Waals surface area (Å²) in [6.45, 7) is 3.24. The molecule has 0 fully saturated rings. The fourth-order valence-electron chi connectivity index (χ4n) is 3.16. The molecule has 1 heterocycles. The second-order valence-corrected chi connectivity index (χ2v) is 7.02. The van der Waals surface area contributed by atoms with E-state index in [1.165, 1.54) is 11.9 Å². The fourth-order valence-corrected chi connectivity index (χ4v) is 3.16. The molecular weight excluding hydrogens is 388 g/mol. The van der Waals surface area contributed by atoms with Crippen molar-refractivity contribution in [1.29, 1.82) is 0 Å². The Bertz CT molecular complexity index is 1110. The molecule has 0 amide bonds. The number of oxime groups is 1. The van der Waals surface area contributed by atoms with Crippen LogP contribution in [0.15, 0.2) is 96.7 Å². The van der Waals surface area contributed by atoms with Crippen molar-refractivity contribution in [2.24, 2.45) is 5.16 Å². The number of ether oxygens (including phenoxy) is 1. The second-order valence-electron chi connectivity index (χ2n) is 7.02. The number of aromatic nitrogens is 3. The number of hydrogen-bond acceptors (Lipinski definition) is 5. The van der Waals surface area contributed by atoms with Crippen LogP contribution in [0.4, 0.5) is 0 Å². The first kappa shape index (κ1) is 20.3. The maximum atomic E-state index is 5.77. The number of benzene rings is 3. The van der Waals surface area contributed by atoms with E-state index < -0.39 is 0 Å². The fraction of sp³-hybridized carbons (Fsp3) is 0.160. The molecule has 0 aliphatic rings. The highest BCUT2D eigenvalue weighted by Crippen LogP contribution is 2.20. The Hall–Kier alpha value is -3.93. The van der Waals surface area contributed by atoms with Gasteiger partial charge < -0.3 is 9.57 Å². The molecule has 156 valence electrons. The van der Waals surface area contributed by atoms with Crippen molar-refractivity contribution in [3.05, 3.63) is 103 Å². The minimum atomic E-state index is 0.345. The van der Waals surface area contributed by atoms with Gasteiger partial charge in [0.25, 0.3) is 0 Å². The molecule has 6 heteroatoms. The second kappa shape index (κ2) is 10.2. The van der Waals surface area contributed by atoms with Crippen LogP contribution in [-0.2, 0) is 11.4 Å². The van der Waals surface area contributed by atoms with Crippen LogP contribution >= 0.6 is 0 Å². The minimum Gasteiger partial charge on any atom is -0.490 e. The zero-order valence-electron chi connectivity index (χ0n) is 17.4. The van der Waals surface area contributed by atoms with Crippen LogP contribution in [0.3, 0.4) is 0 Å². The first-order valence-electron chi connectivity index (χ1n) is 10.1. The summed E-state index contributed by atoms with van der Waals surface area (Å²) in [6, 6.07) is 26.4. The lowest BCUT2D eigenvalue weighted by Gasteiger charge is -2.10. The van der Waals surface area contributed by atoms with E-state index in [4.69, 9.17) is 9.57 Å². The van der Waals surface area contributed by atoms with Crippen LogP contribution < -0.4 is 4.74 Å². The average Bonchev–Trinajstić information content (AvgIpc) is 3.33. The lowest BCUT2D eigenvalue weighted by atomic mass is 10.0. The highest BCUT2D eigenvalue weighted by molar-refractivity contribution is 6.00. The van der Waals surface area contributed by atoms with E-state index in [9.17, 15) is 0 Å². The lowest BCUT2D eigenvalue weighted by Crippen LogP contribution is -2.14. The topological polar surface area (TPSA) is 61.5 Å². The van der Waals surface area contributed by atoms with Gasteiger partial charge in [-0.2, -0.15) is 5.10 Å². The van der Waals surface area contributed by atoms with Gasteiger partial charge in [0.15, 0.2) is 6.61 Å². The highest BCUT2D eigenvalue weighted by atomic mass is 16.6. The molecular formula is C25H24N4O2. The summed E-state index contributed by atoms with van der Waals surface area (Å²) < 4.78 is 7.49. The van der Waals surface area contributed by atoms with E-state index in [2.05, 4.69) is 39.5 Å². The average molecular weight is 412 g/mol. The van der Waals surface area contributed by atoms with Gasteiger partial charge in [0.05, 0.1) is 6.54 Å². The molecule has 0 unspecified atom stereocenters. The van der Waals surface area contributed by atoms with Gasteiger partial charge in [0.2, 0.25) is 0 Å². The molecule has 0 aliphatic carbocycles. The lowest BCUT2D eigenvalue weighted by molar-refractivity contribution is 0.106. The van der Waals surface area contributed by atoms with E-state index in [0.29, 0.717) is 19.8 Å². The predicted octanol–water partition coefficient (Wildman–Crippen LogP) is 4.75. The monoisotopic (exact) mass is 412 g/mol. The molecule has 0 saturated heterocycles. The quantitative estimate of drug-likeness (QED) is 0.226. The third kappa shape index (κ3) is 5.57. The number of nitrogens with zero attached hydrogens (tertiary/aromatic N) is 4. The van der Waals surface area contributed by atoms with Gasteiger partial charge in [0, 0.05) is 5.56 Å². The van der Waals surface area contributed by atoms with Crippen molar-refractivity contribution in [3.8, 4) is 16.9 Å². The maximum Gasteiger partial charge on any atom is 0.151 e. The molecule has 1 aromatic heterocycles. The predicted molar refractivity (Wildman–Crippen MR) is 121 cm³/mol.